The summed E-state index contributed by atoms with van der Waals surface area (Å²) in [4.78, 5) is 13.7. The number of nitriles is 1. The molecule has 3 rings (SSSR count). The van der Waals surface area contributed by atoms with Crippen molar-refractivity contribution < 1.29 is 14.3 Å². The molecule has 6 nitrogen and oxygen atoms in total. The molecule has 1 aromatic carbocycles. The first-order valence-electron chi connectivity index (χ1n) is 8.95. The summed E-state index contributed by atoms with van der Waals surface area (Å²) in [6.45, 7) is 6.16. The van der Waals surface area contributed by atoms with Crippen LogP contribution in [0.25, 0.3) is 5.52 Å². The van der Waals surface area contributed by atoms with E-state index in [1.54, 1.807) is 29.8 Å². The van der Waals surface area contributed by atoms with Gasteiger partial charge in [-0.25, -0.2) is 0 Å². The first kappa shape index (κ1) is 21.0. The van der Waals surface area contributed by atoms with Crippen LogP contribution in [0.15, 0.2) is 30.5 Å². The van der Waals surface area contributed by atoms with Gasteiger partial charge in [0.05, 0.1) is 34.6 Å². The monoisotopic (exact) mass is 503 g/mol. The van der Waals surface area contributed by atoms with E-state index in [0.29, 0.717) is 20.6 Å². The number of hydrogen-bond acceptors (Lipinski definition) is 5. The van der Waals surface area contributed by atoms with Crippen LogP contribution < -0.4 is 15.2 Å². The summed E-state index contributed by atoms with van der Waals surface area (Å²) < 4.78 is 13.6. The summed E-state index contributed by atoms with van der Waals surface area (Å²) in [6, 6.07) is 9.18. The number of nitrogen functional groups attached to an aromatic ring is 1. The number of rotatable bonds is 4. The van der Waals surface area contributed by atoms with Crippen molar-refractivity contribution in [3.05, 3.63) is 56.4 Å². The van der Waals surface area contributed by atoms with Crippen molar-refractivity contribution in [2.45, 2.75) is 26.2 Å². The van der Waals surface area contributed by atoms with Crippen molar-refractivity contribution in [1.29, 1.82) is 5.26 Å². The molecule has 0 atom stereocenters. The number of halogens is 1. The zero-order chi connectivity index (χ0) is 21.5. The topological polar surface area (TPSA) is 89.8 Å². The summed E-state index contributed by atoms with van der Waals surface area (Å²) in [5.74, 6) is 0.780. The Bertz CT molecular complexity index is 1170. The number of aromatic nitrogens is 1. The molecule has 0 saturated carbocycles. The molecule has 150 valence electrons. The number of hydrogen-bond donors (Lipinski definition) is 1. The van der Waals surface area contributed by atoms with Crippen molar-refractivity contribution in [2.24, 2.45) is 0 Å². The quantitative estimate of drug-likeness (QED) is 0.417. The highest BCUT2D eigenvalue weighted by atomic mass is 127. The van der Waals surface area contributed by atoms with Gasteiger partial charge in [0.15, 0.2) is 0 Å². The van der Waals surface area contributed by atoms with Gasteiger partial charge in [0, 0.05) is 17.3 Å². The van der Waals surface area contributed by atoms with Crippen molar-refractivity contribution in [3.63, 3.8) is 0 Å². The van der Waals surface area contributed by atoms with Gasteiger partial charge in [-0.2, -0.15) is 5.26 Å². The van der Waals surface area contributed by atoms with Crippen LogP contribution in [0.2, 0.25) is 0 Å². The summed E-state index contributed by atoms with van der Waals surface area (Å²) >= 11 is 2.13. The Kier molecular flexibility index (Phi) is 5.50. The largest absolute Gasteiger partial charge is 0.495 e. The minimum atomic E-state index is -0.316. The lowest BCUT2D eigenvalue weighted by Crippen LogP contribution is -2.18. The highest BCUT2D eigenvalue weighted by molar-refractivity contribution is 14.1. The van der Waals surface area contributed by atoms with Crippen molar-refractivity contribution in [2.75, 3.05) is 20.0 Å². The first-order chi connectivity index (χ1) is 13.6. The molecule has 0 aliphatic rings. The van der Waals surface area contributed by atoms with Crippen LogP contribution in [-0.2, 0) is 5.41 Å². The molecule has 3 aromatic rings. The number of ether oxygens (including phenoxy) is 2. The zero-order valence-electron chi connectivity index (χ0n) is 17.0. The molecule has 7 heteroatoms. The minimum Gasteiger partial charge on any atom is -0.495 e. The van der Waals surface area contributed by atoms with Crippen LogP contribution in [0.4, 0.5) is 5.69 Å². The Hall–Kier alpha value is -2.73. The maximum absolute atomic E-state index is 13.7. The van der Waals surface area contributed by atoms with Crippen molar-refractivity contribution >= 4 is 39.6 Å². The van der Waals surface area contributed by atoms with E-state index in [4.69, 9.17) is 15.2 Å². The van der Waals surface area contributed by atoms with E-state index in [0.717, 1.165) is 11.1 Å². The SMILES string of the molecule is COc1c(C(=O)c2c(N)c(C#N)cc3cccn23)cc(C(C)(C)C)c(OC)c1I. The minimum absolute atomic E-state index is 0.145. The fourth-order valence-electron chi connectivity index (χ4n) is 3.39. The molecule has 0 spiro atoms. The number of ketones is 1. The van der Waals surface area contributed by atoms with Crippen LogP contribution in [0, 0.1) is 14.9 Å². The van der Waals surface area contributed by atoms with E-state index >= 15 is 0 Å². The van der Waals surface area contributed by atoms with E-state index in [9.17, 15) is 10.1 Å². The van der Waals surface area contributed by atoms with Gasteiger partial charge in [-0.05, 0) is 52.3 Å². The Balaban J connectivity index is 2.38. The molecule has 0 bridgehead atoms. The van der Waals surface area contributed by atoms with Gasteiger partial charge in [0.25, 0.3) is 0 Å². The zero-order valence-corrected chi connectivity index (χ0v) is 19.1. The molecule has 2 aromatic heterocycles. The number of benzene rings is 1. The van der Waals surface area contributed by atoms with E-state index in [1.807, 2.05) is 12.1 Å². The van der Waals surface area contributed by atoms with Crippen LogP contribution in [0.5, 0.6) is 11.5 Å². The molecule has 0 amide bonds. The average molecular weight is 503 g/mol. The smallest absolute Gasteiger partial charge is 0.215 e. The number of nitrogens with zero attached hydrogens (tertiary/aromatic N) is 2. The number of carbonyl (C=O) groups excluding carboxylic acids is 1. The van der Waals surface area contributed by atoms with Gasteiger partial charge in [-0.1, -0.05) is 20.8 Å². The third kappa shape index (κ3) is 3.42. The van der Waals surface area contributed by atoms with Crippen LogP contribution >= 0.6 is 22.6 Å². The van der Waals surface area contributed by atoms with Gasteiger partial charge < -0.3 is 19.6 Å². The van der Waals surface area contributed by atoms with Gasteiger partial charge >= 0.3 is 0 Å². The van der Waals surface area contributed by atoms with Crippen LogP contribution in [-0.4, -0.2) is 24.4 Å². The first-order valence-corrected chi connectivity index (χ1v) is 10.0. The summed E-state index contributed by atoms with van der Waals surface area (Å²) in [6.07, 6.45) is 1.76. The maximum atomic E-state index is 13.7. The van der Waals surface area contributed by atoms with E-state index < -0.39 is 0 Å². The summed E-state index contributed by atoms with van der Waals surface area (Å²) in [5, 5.41) is 9.46. The molecular weight excluding hydrogens is 481 g/mol. The number of carbonyl (C=O) groups is 1. The molecule has 2 N–H and O–H groups in total. The fraction of sp³-hybridized carbons (Fsp3) is 0.273. The maximum Gasteiger partial charge on any atom is 0.215 e. The molecule has 0 radical (unpaired) electrons. The molecule has 0 unspecified atom stereocenters. The highest BCUT2D eigenvalue weighted by Gasteiger charge is 2.30. The standard InChI is InChI=1S/C22H22IN3O3/c1-22(2,3)15-10-14(20(28-4)16(23)21(15)29-5)19(27)18-17(25)12(11-24)9-13-7-6-8-26(13)18/h6-10H,25H2,1-5H3. The Labute approximate surface area is 183 Å². The van der Waals surface area contributed by atoms with Crippen LogP contribution in [0.1, 0.15) is 48.0 Å². The molecule has 0 fully saturated rings. The molecule has 29 heavy (non-hydrogen) atoms. The molecule has 0 saturated heterocycles. The molecule has 0 aliphatic heterocycles. The third-order valence-electron chi connectivity index (χ3n) is 4.83. The lowest BCUT2D eigenvalue weighted by atomic mass is 9.84. The predicted octanol–water partition coefficient (Wildman–Crippen LogP) is 4.54. The Morgan fingerprint density at radius 1 is 1.21 bits per heavy atom. The Morgan fingerprint density at radius 2 is 1.86 bits per heavy atom. The summed E-state index contributed by atoms with van der Waals surface area (Å²) in [5.41, 5.74) is 8.59. The third-order valence-corrected chi connectivity index (χ3v) is 5.81. The molecule has 2 heterocycles. The van der Waals surface area contributed by atoms with Crippen molar-refractivity contribution in [1.82, 2.24) is 4.40 Å². The van der Waals surface area contributed by atoms with Gasteiger partial charge in [0.2, 0.25) is 5.78 Å². The summed E-state index contributed by atoms with van der Waals surface area (Å²) in [7, 11) is 3.12. The number of nitrogens with two attached hydrogens (primary N) is 1. The highest BCUT2D eigenvalue weighted by Crippen LogP contribution is 2.43. The fourth-order valence-corrected chi connectivity index (χ4v) is 4.41. The molecular formula is C22H22IN3O3. The predicted molar refractivity (Wildman–Crippen MR) is 121 cm³/mol. The van der Waals surface area contributed by atoms with Gasteiger partial charge in [0.1, 0.15) is 23.3 Å². The second-order valence-electron chi connectivity index (χ2n) is 7.67. The second kappa shape index (κ2) is 7.59. The number of methoxy groups -OCH3 is 2. The van der Waals surface area contributed by atoms with E-state index in [-0.39, 0.29) is 28.1 Å². The normalized spacial score (nSPS) is 11.3. The van der Waals surface area contributed by atoms with E-state index in [2.05, 4.69) is 49.4 Å². The second-order valence-corrected chi connectivity index (χ2v) is 8.75. The number of fused-ring (bicyclic) bond motifs is 1. The number of anilines is 1. The lowest BCUT2D eigenvalue weighted by Gasteiger charge is -2.25. The average Bonchev–Trinajstić information content (AvgIpc) is 3.13. The van der Waals surface area contributed by atoms with Gasteiger partial charge in [-0.15, -0.1) is 0 Å². The lowest BCUT2D eigenvalue weighted by molar-refractivity contribution is 0.103. The molecule has 0 aliphatic carbocycles. The van der Waals surface area contributed by atoms with E-state index in [1.165, 1.54) is 7.11 Å². The number of pyridine rings is 1. The van der Waals surface area contributed by atoms with Gasteiger partial charge in [-0.3, -0.25) is 4.79 Å². The van der Waals surface area contributed by atoms with Crippen LogP contribution in [0.3, 0.4) is 0 Å². The Morgan fingerprint density at radius 3 is 2.41 bits per heavy atom. The van der Waals surface area contributed by atoms with Crippen molar-refractivity contribution in [3.8, 4) is 17.6 Å².